The van der Waals surface area contributed by atoms with Crippen LogP contribution in [0.4, 0.5) is 4.79 Å². The predicted molar refractivity (Wildman–Crippen MR) is 142 cm³/mol. The highest BCUT2D eigenvalue weighted by atomic mass is 28.3. The van der Waals surface area contributed by atoms with Crippen molar-refractivity contribution in [3.63, 3.8) is 0 Å². The van der Waals surface area contributed by atoms with Crippen LogP contribution in [0, 0.1) is 11.5 Å². The number of nitrogens with zero attached hydrogens (tertiary/aromatic N) is 1. The normalized spacial score (nSPS) is 16.0. The molecular formula is C30H33NO2Si. The fraction of sp³-hybridized carbons (Fsp3) is 0.300. The molecule has 0 aromatic heterocycles. The van der Waals surface area contributed by atoms with Crippen molar-refractivity contribution in [3.05, 3.63) is 96.6 Å². The Morgan fingerprint density at radius 3 is 1.97 bits per heavy atom. The molecule has 3 aromatic rings. The Hall–Kier alpha value is -3.29. The van der Waals surface area contributed by atoms with Crippen molar-refractivity contribution in [3.8, 4) is 11.5 Å². The van der Waals surface area contributed by atoms with Crippen molar-refractivity contribution in [2.24, 2.45) is 0 Å². The highest BCUT2D eigenvalue weighted by Crippen LogP contribution is 2.35. The van der Waals surface area contributed by atoms with Gasteiger partial charge in [0.25, 0.3) is 0 Å². The molecule has 4 rings (SSSR count). The minimum atomic E-state index is -2.49. The second kappa shape index (κ2) is 10.3. The van der Waals surface area contributed by atoms with Crippen LogP contribution in [0.25, 0.3) is 0 Å². The van der Waals surface area contributed by atoms with Crippen LogP contribution in [0.1, 0.15) is 39.2 Å². The lowest BCUT2D eigenvalue weighted by Gasteiger charge is -2.39. The number of benzene rings is 3. The molecule has 1 unspecified atom stereocenters. The summed E-state index contributed by atoms with van der Waals surface area (Å²) in [7, 11) is -2.49. The van der Waals surface area contributed by atoms with E-state index < -0.39 is 8.07 Å². The summed E-state index contributed by atoms with van der Waals surface area (Å²) in [5.41, 5.74) is 4.84. The van der Waals surface area contributed by atoms with Gasteiger partial charge in [-0.3, -0.25) is 4.90 Å². The molecule has 1 saturated heterocycles. The van der Waals surface area contributed by atoms with E-state index in [1.165, 1.54) is 10.4 Å². The van der Waals surface area contributed by atoms with Crippen molar-refractivity contribution in [1.82, 2.24) is 4.90 Å². The third kappa shape index (κ3) is 4.95. The average molecular weight is 468 g/mol. The maximum Gasteiger partial charge on any atom is 0.411 e. The van der Waals surface area contributed by atoms with Crippen LogP contribution in [0.2, 0.25) is 5.04 Å². The smallest absolute Gasteiger partial charge is 0.411 e. The van der Waals surface area contributed by atoms with Crippen LogP contribution in [0.15, 0.2) is 91.0 Å². The van der Waals surface area contributed by atoms with Gasteiger partial charge in [0.2, 0.25) is 8.07 Å². The van der Waals surface area contributed by atoms with Gasteiger partial charge in [-0.25, -0.2) is 4.79 Å². The van der Waals surface area contributed by atoms with Crippen LogP contribution < -0.4 is 10.4 Å². The number of hydrogen-bond acceptors (Lipinski definition) is 2. The Morgan fingerprint density at radius 1 is 0.912 bits per heavy atom. The molecule has 0 aliphatic carbocycles. The molecule has 1 fully saturated rings. The summed E-state index contributed by atoms with van der Waals surface area (Å²) in [5.74, 6) is 3.59. The molecule has 34 heavy (non-hydrogen) atoms. The van der Waals surface area contributed by atoms with Gasteiger partial charge in [-0.2, -0.15) is 0 Å². The average Bonchev–Trinajstić information content (AvgIpc) is 3.33. The predicted octanol–water partition coefficient (Wildman–Crippen LogP) is 5.39. The SMILES string of the molecule is CC(C)(C)[Si](C#CC1CCCN1C(=O)OCc1ccccc1)(c1ccccc1)c1ccccc1. The number of likely N-dealkylation sites (tertiary alicyclic amines) is 1. The lowest BCUT2D eigenvalue weighted by Crippen LogP contribution is -2.63. The number of carbonyl (C=O) groups excluding carboxylic acids is 1. The summed E-state index contributed by atoms with van der Waals surface area (Å²) in [5, 5.41) is 2.56. The van der Waals surface area contributed by atoms with E-state index in [2.05, 4.69) is 92.9 Å². The van der Waals surface area contributed by atoms with Gasteiger partial charge in [0.05, 0.1) is 6.04 Å². The van der Waals surface area contributed by atoms with E-state index in [9.17, 15) is 4.79 Å². The van der Waals surface area contributed by atoms with Gasteiger partial charge < -0.3 is 4.74 Å². The van der Waals surface area contributed by atoms with Gasteiger partial charge >= 0.3 is 6.09 Å². The largest absolute Gasteiger partial charge is 0.445 e. The number of amides is 1. The summed E-state index contributed by atoms with van der Waals surface area (Å²) < 4.78 is 5.64. The standard InChI is InChI=1S/C30H33NO2Si/c1-30(2,3)34(27-17-9-5-10-18-27,28-19-11-6-12-20-28)23-21-26-16-13-22-31(26)29(32)33-24-25-14-7-4-8-15-25/h4-12,14-15,17-20,26H,13,16,22,24H2,1-3H3. The number of hydrogen-bond donors (Lipinski definition) is 0. The van der Waals surface area contributed by atoms with Gasteiger partial charge in [0.1, 0.15) is 6.61 Å². The maximum absolute atomic E-state index is 12.9. The minimum Gasteiger partial charge on any atom is -0.445 e. The molecule has 1 amide bonds. The summed E-state index contributed by atoms with van der Waals surface area (Å²) in [6, 6.07) is 31.1. The van der Waals surface area contributed by atoms with Crippen LogP contribution in [0.3, 0.4) is 0 Å². The maximum atomic E-state index is 12.9. The molecule has 3 nitrogen and oxygen atoms in total. The monoisotopic (exact) mass is 467 g/mol. The topological polar surface area (TPSA) is 29.5 Å². The zero-order chi connectivity index (χ0) is 24.0. The fourth-order valence-electron chi connectivity index (χ4n) is 4.87. The molecule has 4 heteroatoms. The van der Waals surface area contributed by atoms with Gasteiger partial charge in [-0.05, 0) is 33.8 Å². The third-order valence-corrected chi connectivity index (χ3v) is 11.8. The molecule has 1 heterocycles. The van der Waals surface area contributed by atoms with Crippen molar-refractivity contribution in [2.75, 3.05) is 6.54 Å². The molecule has 0 bridgehead atoms. The van der Waals surface area contributed by atoms with Gasteiger partial charge in [-0.1, -0.05) is 118 Å². The van der Waals surface area contributed by atoms with Gasteiger partial charge in [-0.15, -0.1) is 5.54 Å². The van der Waals surface area contributed by atoms with E-state index in [1.807, 2.05) is 35.2 Å². The highest BCUT2D eigenvalue weighted by Gasteiger charge is 2.47. The van der Waals surface area contributed by atoms with Crippen molar-refractivity contribution >= 4 is 24.5 Å². The van der Waals surface area contributed by atoms with E-state index >= 15 is 0 Å². The Bertz CT molecular complexity index is 1100. The van der Waals surface area contributed by atoms with Crippen LogP contribution in [0.5, 0.6) is 0 Å². The lowest BCUT2D eigenvalue weighted by molar-refractivity contribution is 0.0984. The fourth-order valence-corrected chi connectivity index (χ4v) is 9.37. The van der Waals surface area contributed by atoms with Crippen LogP contribution in [-0.4, -0.2) is 31.7 Å². The second-order valence-electron chi connectivity index (χ2n) is 9.89. The first-order chi connectivity index (χ1) is 16.4. The van der Waals surface area contributed by atoms with E-state index in [0.717, 1.165) is 18.4 Å². The lowest BCUT2D eigenvalue weighted by atomic mass is 10.2. The molecule has 0 saturated carbocycles. The summed E-state index contributed by atoms with van der Waals surface area (Å²) in [4.78, 5) is 14.8. The summed E-state index contributed by atoms with van der Waals surface area (Å²) >= 11 is 0. The van der Waals surface area contributed by atoms with Crippen LogP contribution in [-0.2, 0) is 11.3 Å². The van der Waals surface area contributed by atoms with E-state index in [-0.39, 0.29) is 23.8 Å². The summed E-state index contributed by atoms with van der Waals surface area (Å²) in [6.45, 7) is 7.87. The highest BCUT2D eigenvalue weighted by molar-refractivity contribution is 7.10. The number of carbonyl (C=O) groups is 1. The molecule has 1 atom stereocenters. The Morgan fingerprint density at radius 2 is 1.44 bits per heavy atom. The quantitative estimate of drug-likeness (QED) is 0.380. The van der Waals surface area contributed by atoms with E-state index in [4.69, 9.17) is 4.74 Å². The molecule has 3 aromatic carbocycles. The first-order valence-electron chi connectivity index (χ1n) is 12.0. The zero-order valence-corrected chi connectivity index (χ0v) is 21.3. The molecular weight excluding hydrogens is 434 g/mol. The molecule has 0 spiro atoms. The van der Waals surface area contributed by atoms with Crippen molar-refractivity contribution in [2.45, 2.75) is 51.3 Å². The van der Waals surface area contributed by atoms with Crippen LogP contribution >= 0.6 is 0 Å². The number of ether oxygens (including phenoxy) is 1. The minimum absolute atomic E-state index is 0.0417. The van der Waals surface area contributed by atoms with E-state index in [0.29, 0.717) is 6.54 Å². The first-order valence-corrected chi connectivity index (χ1v) is 14.0. The molecule has 174 valence electrons. The Balaban J connectivity index is 1.67. The molecule has 0 radical (unpaired) electrons. The Kier molecular flexibility index (Phi) is 7.24. The number of rotatable bonds is 4. The van der Waals surface area contributed by atoms with Crippen molar-refractivity contribution < 1.29 is 9.53 Å². The molecule has 0 N–H and O–H groups in total. The van der Waals surface area contributed by atoms with Crippen molar-refractivity contribution in [1.29, 1.82) is 0 Å². The van der Waals surface area contributed by atoms with Gasteiger partial charge in [0, 0.05) is 6.54 Å². The van der Waals surface area contributed by atoms with E-state index in [1.54, 1.807) is 0 Å². The first kappa shape index (κ1) is 23.9. The second-order valence-corrected chi connectivity index (χ2v) is 14.3. The molecule has 1 aliphatic rings. The summed E-state index contributed by atoms with van der Waals surface area (Å²) in [6.07, 6.45) is 1.55. The molecule has 1 aliphatic heterocycles. The Labute approximate surface area is 204 Å². The zero-order valence-electron chi connectivity index (χ0n) is 20.3. The van der Waals surface area contributed by atoms with Gasteiger partial charge in [0.15, 0.2) is 0 Å². The third-order valence-electron chi connectivity index (χ3n) is 6.66.